The van der Waals surface area contributed by atoms with Crippen LogP contribution in [0.25, 0.3) is 0 Å². The van der Waals surface area contributed by atoms with Gasteiger partial charge in [-0.15, -0.1) is 0 Å². The van der Waals surface area contributed by atoms with Gasteiger partial charge in [0.25, 0.3) is 0 Å². The second kappa shape index (κ2) is 8.73. The van der Waals surface area contributed by atoms with Gasteiger partial charge in [0.05, 0.1) is 18.8 Å². The van der Waals surface area contributed by atoms with Crippen molar-refractivity contribution in [3.63, 3.8) is 0 Å². The molecule has 0 bridgehead atoms. The molecule has 1 saturated heterocycles. The van der Waals surface area contributed by atoms with Gasteiger partial charge < -0.3 is 25.2 Å². The maximum absolute atomic E-state index is 9.37. The SMILES string of the molecule is Cc1cc(N2CCCOCC2c2ccc(OC[C@@H](C)O)cc2Cl)nc(N)n1. The van der Waals surface area contributed by atoms with Crippen molar-refractivity contribution in [2.75, 3.05) is 37.0 Å². The van der Waals surface area contributed by atoms with Gasteiger partial charge >= 0.3 is 0 Å². The van der Waals surface area contributed by atoms with E-state index >= 15 is 0 Å². The number of hydrogen-bond acceptors (Lipinski definition) is 7. The Morgan fingerprint density at radius 2 is 2.22 bits per heavy atom. The first-order valence-electron chi connectivity index (χ1n) is 9.00. The molecule has 8 heteroatoms. The number of halogens is 1. The van der Waals surface area contributed by atoms with Gasteiger partial charge in [0.2, 0.25) is 5.95 Å². The molecular formula is C19H25ClN4O3. The van der Waals surface area contributed by atoms with Crippen molar-refractivity contribution in [1.29, 1.82) is 0 Å². The number of anilines is 2. The van der Waals surface area contributed by atoms with E-state index in [1.54, 1.807) is 13.0 Å². The van der Waals surface area contributed by atoms with Crippen LogP contribution < -0.4 is 15.4 Å². The molecule has 3 rings (SSSR count). The van der Waals surface area contributed by atoms with E-state index in [1.165, 1.54) is 0 Å². The molecule has 7 nitrogen and oxygen atoms in total. The molecule has 146 valence electrons. The zero-order chi connectivity index (χ0) is 19.4. The number of aromatic nitrogens is 2. The number of hydrogen-bond donors (Lipinski definition) is 2. The molecule has 0 saturated carbocycles. The lowest BCUT2D eigenvalue weighted by Gasteiger charge is -2.31. The van der Waals surface area contributed by atoms with E-state index in [1.807, 2.05) is 25.1 Å². The van der Waals surface area contributed by atoms with Crippen LogP contribution in [0.3, 0.4) is 0 Å². The predicted molar refractivity (Wildman–Crippen MR) is 105 cm³/mol. The number of aryl methyl sites for hydroxylation is 1. The normalized spacial score (nSPS) is 18.8. The third-order valence-electron chi connectivity index (χ3n) is 4.31. The van der Waals surface area contributed by atoms with Crippen LogP contribution in [0.15, 0.2) is 24.3 Å². The molecule has 2 heterocycles. The van der Waals surface area contributed by atoms with Crippen LogP contribution in [0.5, 0.6) is 5.75 Å². The Morgan fingerprint density at radius 3 is 2.93 bits per heavy atom. The van der Waals surface area contributed by atoms with Crippen molar-refractivity contribution in [3.05, 3.63) is 40.5 Å². The lowest BCUT2D eigenvalue weighted by molar-refractivity contribution is 0.122. The summed E-state index contributed by atoms with van der Waals surface area (Å²) < 4.78 is 11.3. The Morgan fingerprint density at radius 1 is 1.41 bits per heavy atom. The number of ether oxygens (including phenoxy) is 2. The summed E-state index contributed by atoms with van der Waals surface area (Å²) in [6, 6.07) is 7.37. The molecule has 2 aromatic rings. The van der Waals surface area contributed by atoms with Gasteiger partial charge in [-0.1, -0.05) is 17.7 Å². The summed E-state index contributed by atoms with van der Waals surface area (Å²) in [5.74, 6) is 1.63. The van der Waals surface area contributed by atoms with E-state index < -0.39 is 6.10 Å². The van der Waals surface area contributed by atoms with Crippen molar-refractivity contribution >= 4 is 23.4 Å². The quantitative estimate of drug-likeness (QED) is 0.807. The van der Waals surface area contributed by atoms with E-state index in [-0.39, 0.29) is 18.6 Å². The van der Waals surface area contributed by atoms with Crippen molar-refractivity contribution in [2.45, 2.75) is 32.4 Å². The highest BCUT2D eigenvalue weighted by Crippen LogP contribution is 2.34. The summed E-state index contributed by atoms with van der Waals surface area (Å²) in [6.45, 7) is 5.74. The van der Waals surface area contributed by atoms with Gasteiger partial charge in [0.1, 0.15) is 18.2 Å². The highest BCUT2D eigenvalue weighted by Gasteiger charge is 2.27. The van der Waals surface area contributed by atoms with Crippen LogP contribution in [-0.4, -0.2) is 47.5 Å². The second-order valence-corrected chi connectivity index (χ2v) is 7.11. The average molecular weight is 393 g/mol. The standard InChI is InChI=1S/C19H25ClN4O3/c1-12-8-18(23-19(21)22-12)24-6-3-7-26-11-17(24)15-5-4-14(9-16(15)20)27-10-13(2)25/h4-5,8-9,13,17,25H,3,6-7,10-11H2,1-2H3,(H2,21,22,23)/t13-,17?/m1/s1. The van der Waals surface area contributed by atoms with E-state index in [2.05, 4.69) is 14.9 Å². The molecule has 2 atom stereocenters. The van der Waals surface area contributed by atoms with Crippen LogP contribution in [0.4, 0.5) is 11.8 Å². The Bertz CT molecular complexity index is 767. The van der Waals surface area contributed by atoms with Crippen LogP contribution in [0, 0.1) is 6.92 Å². The van der Waals surface area contributed by atoms with Gasteiger partial charge in [0, 0.05) is 29.9 Å². The summed E-state index contributed by atoms with van der Waals surface area (Å²) in [7, 11) is 0. The highest BCUT2D eigenvalue weighted by atomic mass is 35.5. The lowest BCUT2D eigenvalue weighted by Crippen LogP contribution is -2.32. The van der Waals surface area contributed by atoms with E-state index in [0.29, 0.717) is 24.0 Å². The molecule has 1 unspecified atom stereocenters. The largest absolute Gasteiger partial charge is 0.491 e. The summed E-state index contributed by atoms with van der Waals surface area (Å²) in [5.41, 5.74) is 7.60. The number of aliphatic hydroxyl groups excluding tert-OH is 1. The molecule has 1 fully saturated rings. The van der Waals surface area contributed by atoms with Crippen molar-refractivity contribution in [1.82, 2.24) is 9.97 Å². The Hall–Kier alpha value is -2.09. The molecule has 1 aromatic carbocycles. The Balaban J connectivity index is 1.91. The molecule has 27 heavy (non-hydrogen) atoms. The van der Waals surface area contributed by atoms with E-state index in [0.717, 1.165) is 30.0 Å². The number of aliphatic hydroxyl groups is 1. The molecule has 3 N–H and O–H groups in total. The maximum Gasteiger partial charge on any atom is 0.222 e. The number of nitrogens with two attached hydrogens (primary N) is 1. The van der Waals surface area contributed by atoms with Crippen molar-refractivity contribution in [3.8, 4) is 5.75 Å². The summed E-state index contributed by atoms with van der Waals surface area (Å²) in [6.07, 6.45) is 0.341. The number of nitrogen functional groups attached to an aromatic ring is 1. The Labute approximate surface area is 164 Å². The summed E-state index contributed by atoms with van der Waals surface area (Å²) in [4.78, 5) is 10.7. The maximum atomic E-state index is 9.37. The minimum absolute atomic E-state index is 0.0977. The Kier molecular flexibility index (Phi) is 6.36. The minimum atomic E-state index is -0.541. The lowest BCUT2D eigenvalue weighted by atomic mass is 10.1. The molecular weight excluding hydrogens is 368 g/mol. The zero-order valence-corrected chi connectivity index (χ0v) is 16.3. The molecule has 0 amide bonds. The highest BCUT2D eigenvalue weighted by molar-refractivity contribution is 6.31. The number of rotatable bonds is 5. The number of benzene rings is 1. The van der Waals surface area contributed by atoms with Gasteiger partial charge in [-0.2, -0.15) is 4.98 Å². The fourth-order valence-electron chi connectivity index (χ4n) is 3.12. The molecule has 1 aliphatic heterocycles. The van der Waals surface area contributed by atoms with Gasteiger partial charge in [0.15, 0.2) is 0 Å². The summed E-state index contributed by atoms with van der Waals surface area (Å²) >= 11 is 6.56. The van der Waals surface area contributed by atoms with Crippen LogP contribution in [-0.2, 0) is 4.74 Å². The fraction of sp³-hybridized carbons (Fsp3) is 0.474. The molecule has 0 aliphatic carbocycles. The van der Waals surface area contributed by atoms with Crippen molar-refractivity contribution in [2.24, 2.45) is 0 Å². The minimum Gasteiger partial charge on any atom is -0.491 e. The smallest absolute Gasteiger partial charge is 0.222 e. The molecule has 0 spiro atoms. The third kappa shape index (κ3) is 5.00. The summed E-state index contributed by atoms with van der Waals surface area (Å²) in [5, 5.41) is 9.96. The van der Waals surface area contributed by atoms with Gasteiger partial charge in [-0.05, 0) is 38.0 Å². The van der Waals surface area contributed by atoms with Crippen LogP contribution in [0.2, 0.25) is 5.02 Å². The third-order valence-corrected chi connectivity index (χ3v) is 4.64. The first-order valence-corrected chi connectivity index (χ1v) is 9.37. The van der Waals surface area contributed by atoms with E-state index in [4.69, 9.17) is 26.8 Å². The van der Waals surface area contributed by atoms with Crippen LogP contribution in [0.1, 0.15) is 30.6 Å². The zero-order valence-electron chi connectivity index (χ0n) is 15.6. The fourth-order valence-corrected chi connectivity index (χ4v) is 3.41. The molecule has 1 aliphatic rings. The topological polar surface area (TPSA) is 93.7 Å². The van der Waals surface area contributed by atoms with Crippen LogP contribution >= 0.6 is 11.6 Å². The average Bonchev–Trinajstić information content (AvgIpc) is 2.85. The first-order chi connectivity index (χ1) is 12.9. The second-order valence-electron chi connectivity index (χ2n) is 6.71. The van der Waals surface area contributed by atoms with Gasteiger partial charge in [-0.25, -0.2) is 4.98 Å². The number of nitrogens with zero attached hydrogens (tertiary/aromatic N) is 3. The molecule has 1 aromatic heterocycles. The monoisotopic (exact) mass is 392 g/mol. The van der Waals surface area contributed by atoms with Gasteiger partial charge in [-0.3, -0.25) is 0 Å². The molecule has 0 radical (unpaired) electrons. The van der Waals surface area contributed by atoms with Crippen molar-refractivity contribution < 1.29 is 14.6 Å². The first kappa shape index (κ1) is 19.7. The predicted octanol–water partition coefficient (Wildman–Crippen LogP) is 2.75. The van der Waals surface area contributed by atoms with E-state index in [9.17, 15) is 5.11 Å².